The summed E-state index contributed by atoms with van der Waals surface area (Å²) in [6, 6.07) is -1.69. The van der Waals surface area contributed by atoms with Crippen LogP contribution in [0.1, 0.15) is 44.9 Å². The lowest BCUT2D eigenvalue weighted by Crippen LogP contribution is -2.51. The highest BCUT2D eigenvalue weighted by atomic mass is 19.4. The zero-order valence-corrected chi connectivity index (χ0v) is 9.93. The third kappa shape index (κ3) is 2.94. The minimum Gasteiger partial charge on any atom is -0.375 e. The number of halogens is 3. The molecule has 100 valence electrons. The van der Waals surface area contributed by atoms with E-state index in [2.05, 4.69) is 0 Å². The van der Waals surface area contributed by atoms with Gasteiger partial charge in [0.05, 0.1) is 5.60 Å². The predicted molar refractivity (Wildman–Crippen MR) is 58.5 cm³/mol. The van der Waals surface area contributed by atoms with Crippen LogP contribution in [0.5, 0.6) is 0 Å². The molecule has 1 spiro atoms. The van der Waals surface area contributed by atoms with Gasteiger partial charge >= 0.3 is 6.18 Å². The first kappa shape index (κ1) is 13.1. The minimum atomic E-state index is -4.28. The molecule has 2 unspecified atom stereocenters. The number of rotatable bonds is 1. The van der Waals surface area contributed by atoms with Crippen LogP contribution in [0.4, 0.5) is 13.2 Å². The molecule has 0 aromatic heterocycles. The van der Waals surface area contributed by atoms with E-state index in [-0.39, 0.29) is 5.60 Å². The van der Waals surface area contributed by atoms with Gasteiger partial charge in [0.25, 0.3) is 0 Å². The molecule has 0 aromatic rings. The van der Waals surface area contributed by atoms with E-state index in [1.54, 1.807) is 0 Å². The van der Waals surface area contributed by atoms with Gasteiger partial charge in [-0.05, 0) is 31.6 Å². The standard InChI is InChI=1S/C12H20F3NO/c13-12(14,15)10(16)9-4-7-17-11(8-9)5-2-1-3-6-11/h9-10H,1-8,16H2. The summed E-state index contributed by atoms with van der Waals surface area (Å²) in [5, 5.41) is 0. The lowest BCUT2D eigenvalue weighted by molar-refractivity contribution is -0.183. The molecule has 2 N–H and O–H groups in total. The maximum absolute atomic E-state index is 12.6. The van der Waals surface area contributed by atoms with Gasteiger partial charge in [-0.15, -0.1) is 0 Å². The van der Waals surface area contributed by atoms with Crippen molar-refractivity contribution in [2.45, 2.75) is 62.8 Å². The Labute approximate surface area is 99.7 Å². The molecule has 0 bridgehead atoms. The van der Waals surface area contributed by atoms with Crippen molar-refractivity contribution in [1.29, 1.82) is 0 Å². The molecular formula is C12H20F3NO. The molecule has 2 nitrogen and oxygen atoms in total. The quantitative estimate of drug-likeness (QED) is 0.777. The van der Waals surface area contributed by atoms with E-state index >= 15 is 0 Å². The van der Waals surface area contributed by atoms with Gasteiger partial charge in [0.15, 0.2) is 0 Å². The van der Waals surface area contributed by atoms with E-state index in [1.807, 2.05) is 0 Å². The lowest BCUT2D eigenvalue weighted by Gasteiger charge is -2.45. The van der Waals surface area contributed by atoms with Gasteiger partial charge in [0.1, 0.15) is 6.04 Å². The summed E-state index contributed by atoms with van der Waals surface area (Å²) in [5.41, 5.74) is 5.03. The fraction of sp³-hybridized carbons (Fsp3) is 1.00. The predicted octanol–water partition coefficient (Wildman–Crippen LogP) is 3.01. The molecular weight excluding hydrogens is 231 g/mol. The Kier molecular flexibility index (Phi) is 3.69. The first-order valence-corrected chi connectivity index (χ1v) is 6.39. The summed E-state index contributed by atoms with van der Waals surface area (Å²) in [7, 11) is 0. The maximum atomic E-state index is 12.6. The molecule has 2 fully saturated rings. The average molecular weight is 251 g/mol. The Morgan fingerprint density at radius 3 is 2.41 bits per heavy atom. The van der Waals surface area contributed by atoms with Gasteiger partial charge in [0, 0.05) is 6.61 Å². The van der Waals surface area contributed by atoms with Crippen molar-refractivity contribution in [2.24, 2.45) is 11.7 Å². The smallest absolute Gasteiger partial charge is 0.375 e. The molecule has 1 saturated carbocycles. The number of alkyl halides is 3. The van der Waals surface area contributed by atoms with E-state index in [9.17, 15) is 13.2 Å². The van der Waals surface area contributed by atoms with E-state index in [4.69, 9.17) is 10.5 Å². The number of hydrogen-bond donors (Lipinski definition) is 1. The van der Waals surface area contributed by atoms with Crippen molar-refractivity contribution < 1.29 is 17.9 Å². The van der Waals surface area contributed by atoms with Gasteiger partial charge in [-0.1, -0.05) is 19.3 Å². The number of hydrogen-bond acceptors (Lipinski definition) is 2. The van der Waals surface area contributed by atoms with Crippen LogP contribution in [0.3, 0.4) is 0 Å². The van der Waals surface area contributed by atoms with Gasteiger partial charge in [-0.3, -0.25) is 0 Å². The normalized spacial score (nSPS) is 31.4. The van der Waals surface area contributed by atoms with Crippen LogP contribution in [0.15, 0.2) is 0 Å². The van der Waals surface area contributed by atoms with E-state index in [1.165, 1.54) is 6.42 Å². The van der Waals surface area contributed by atoms with Crippen molar-refractivity contribution in [1.82, 2.24) is 0 Å². The lowest BCUT2D eigenvalue weighted by atomic mass is 9.74. The molecule has 0 radical (unpaired) electrons. The topological polar surface area (TPSA) is 35.2 Å². The third-order valence-corrected chi connectivity index (χ3v) is 4.18. The first-order valence-electron chi connectivity index (χ1n) is 6.39. The zero-order valence-electron chi connectivity index (χ0n) is 9.93. The van der Waals surface area contributed by atoms with Crippen LogP contribution in [0.25, 0.3) is 0 Å². The van der Waals surface area contributed by atoms with Crippen molar-refractivity contribution in [2.75, 3.05) is 6.61 Å². The molecule has 1 aliphatic carbocycles. The summed E-state index contributed by atoms with van der Waals surface area (Å²) < 4.78 is 43.6. The molecule has 2 atom stereocenters. The Balaban J connectivity index is 2.01. The molecule has 1 aliphatic heterocycles. The largest absolute Gasteiger partial charge is 0.403 e. The summed E-state index contributed by atoms with van der Waals surface area (Å²) in [5.74, 6) is -0.471. The van der Waals surface area contributed by atoms with Crippen LogP contribution < -0.4 is 5.73 Å². The highest BCUT2D eigenvalue weighted by Gasteiger charge is 2.47. The van der Waals surface area contributed by atoms with Crippen LogP contribution in [-0.2, 0) is 4.74 Å². The zero-order chi connectivity index (χ0) is 12.5. The average Bonchev–Trinajstić information content (AvgIpc) is 2.28. The molecule has 0 aromatic carbocycles. The number of nitrogens with two attached hydrogens (primary N) is 1. The first-order chi connectivity index (χ1) is 7.93. The molecule has 1 saturated heterocycles. The molecule has 0 amide bonds. The van der Waals surface area contributed by atoms with Crippen molar-refractivity contribution in [3.63, 3.8) is 0 Å². The van der Waals surface area contributed by atoms with Crippen molar-refractivity contribution in [3.8, 4) is 0 Å². The Bertz CT molecular complexity index is 255. The van der Waals surface area contributed by atoms with Crippen molar-refractivity contribution >= 4 is 0 Å². The molecule has 2 rings (SSSR count). The highest BCUT2D eigenvalue weighted by molar-refractivity contribution is 4.93. The maximum Gasteiger partial charge on any atom is 0.403 e. The van der Waals surface area contributed by atoms with Crippen LogP contribution in [0.2, 0.25) is 0 Å². The SMILES string of the molecule is NC(C1CCOC2(CCCCC2)C1)C(F)(F)F. The Morgan fingerprint density at radius 2 is 1.82 bits per heavy atom. The van der Waals surface area contributed by atoms with Gasteiger partial charge in [-0.25, -0.2) is 0 Å². The molecule has 2 aliphatic rings. The molecule has 1 heterocycles. The fourth-order valence-electron chi connectivity index (χ4n) is 3.18. The van der Waals surface area contributed by atoms with Crippen LogP contribution in [-0.4, -0.2) is 24.4 Å². The van der Waals surface area contributed by atoms with E-state index < -0.39 is 18.1 Å². The third-order valence-electron chi connectivity index (χ3n) is 4.18. The van der Waals surface area contributed by atoms with Gasteiger partial charge < -0.3 is 10.5 Å². The van der Waals surface area contributed by atoms with Gasteiger partial charge in [0.2, 0.25) is 0 Å². The van der Waals surface area contributed by atoms with Crippen LogP contribution >= 0.6 is 0 Å². The summed E-state index contributed by atoms with van der Waals surface area (Å²) in [6.45, 7) is 0.425. The van der Waals surface area contributed by atoms with E-state index in [0.29, 0.717) is 19.4 Å². The second-order valence-corrected chi connectivity index (χ2v) is 5.41. The monoisotopic (exact) mass is 251 g/mol. The Hall–Kier alpha value is -0.290. The van der Waals surface area contributed by atoms with Crippen molar-refractivity contribution in [3.05, 3.63) is 0 Å². The summed E-state index contributed by atoms with van der Waals surface area (Å²) >= 11 is 0. The van der Waals surface area contributed by atoms with E-state index in [0.717, 1.165) is 25.7 Å². The Morgan fingerprint density at radius 1 is 1.18 bits per heavy atom. The second kappa shape index (κ2) is 4.76. The number of ether oxygens (including phenoxy) is 1. The second-order valence-electron chi connectivity index (χ2n) is 5.41. The summed E-state index contributed by atoms with van der Waals surface area (Å²) in [6.07, 6.45) is 1.72. The van der Waals surface area contributed by atoms with Crippen LogP contribution in [0, 0.1) is 5.92 Å². The highest BCUT2D eigenvalue weighted by Crippen LogP contribution is 2.43. The minimum absolute atomic E-state index is 0.302. The molecule has 5 heteroatoms. The summed E-state index contributed by atoms with van der Waals surface area (Å²) in [4.78, 5) is 0. The molecule has 17 heavy (non-hydrogen) atoms. The fourth-order valence-corrected chi connectivity index (χ4v) is 3.18. The van der Waals surface area contributed by atoms with Gasteiger partial charge in [-0.2, -0.15) is 13.2 Å².